The predicted molar refractivity (Wildman–Crippen MR) is 102 cm³/mol. The Hall–Kier alpha value is -1.91. The smallest absolute Gasteiger partial charge is 0.237 e. The highest BCUT2D eigenvalue weighted by Gasteiger charge is 2.18. The molecule has 0 saturated heterocycles. The van der Waals surface area contributed by atoms with E-state index in [-0.39, 0.29) is 11.2 Å². The monoisotopic (exact) mass is 361 g/mol. The van der Waals surface area contributed by atoms with Gasteiger partial charge in [0.05, 0.1) is 5.25 Å². The molecular weight excluding hydrogens is 342 g/mol. The molecule has 1 N–H and O–H groups in total. The molecule has 5 heteroatoms. The second-order valence-electron chi connectivity index (χ2n) is 5.08. The van der Waals surface area contributed by atoms with E-state index in [0.717, 1.165) is 22.8 Å². The average Bonchev–Trinajstić information content (AvgIpc) is 2.60. The molecule has 2 aromatic rings. The van der Waals surface area contributed by atoms with Gasteiger partial charge in [-0.05, 0) is 55.0 Å². The molecule has 0 radical (unpaired) electrons. The minimum absolute atomic E-state index is 0.0165. The molecule has 0 aliphatic heterocycles. The fourth-order valence-electron chi connectivity index (χ4n) is 2.01. The molecule has 0 saturated carbocycles. The van der Waals surface area contributed by atoms with Crippen molar-refractivity contribution in [3.8, 4) is 5.75 Å². The second kappa shape index (κ2) is 9.40. The Kier molecular flexibility index (Phi) is 7.22. The van der Waals surface area contributed by atoms with Crippen LogP contribution in [0.1, 0.15) is 13.3 Å². The van der Waals surface area contributed by atoms with Crippen molar-refractivity contribution in [2.24, 2.45) is 0 Å². The number of anilines is 1. The van der Waals surface area contributed by atoms with Gasteiger partial charge >= 0.3 is 0 Å². The zero-order valence-corrected chi connectivity index (χ0v) is 15.1. The first kappa shape index (κ1) is 18.4. The summed E-state index contributed by atoms with van der Waals surface area (Å²) in [5.41, 5.74) is 0.751. The Labute approximate surface area is 152 Å². The van der Waals surface area contributed by atoms with E-state index < -0.39 is 0 Å². The standard InChI is InChI=1S/C19H20ClNO2S/c1-3-13-23-16-9-7-15(8-10-16)21-19(22)18(4-2)24-17-11-5-14(20)6-12-17/h3,5-12,18H,1,4,13H2,2H3,(H,21,22)/t18-/m0/s1. The Morgan fingerprint density at radius 3 is 2.50 bits per heavy atom. The third-order valence-electron chi connectivity index (χ3n) is 3.24. The molecule has 0 aliphatic rings. The van der Waals surface area contributed by atoms with Gasteiger partial charge in [0.25, 0.3) is 0 Å². The highest BCUT2D eigenvalue weighted by molar-refractivity contribution is 8.00. The normalized spacial score (nSPS) is 11.6. The van der Waals surface area contributed by atoms with Gasteiger partial charge in [-0.1, -0.05) is 31.2 Å². The number of rotatable bonds is 8. The van der Waals surface area contributed by atoms with Gasteiger partial charge in [-0.25, -0.2) is 0 Å². The number of benzene rings is 2. The Balaban J connectivity index is 1.95. The fourth-order valence-corrected chi connectivity index (χ4v) is 3.09. The van der Waals surface area contributed by atoms with Crippen LogP contribution >= 0.6 is 23.4 Å². The summed E-state index contributed by atoms with van der Waals surface area (Å²) in [6.07, 6.45) is 2.43. The average molecular weight is 362 g/mol. The van der Waals surface area contributed by atoms with Crippen LogP contribution in [0.3, 0.4) is 0 Å². The van der Waals surface area contributed by atoms with Gasteiger partial charge in [-0.15, -0.1) is 11.8 Å². The number of carbonyl (C=O) groups excluding carboxylic acids is 1. The molecule has 0 spiro atoms. The predicted octanol–water partition coefficient (Wildman–Crippen LogP) is 5.41. The van der Waals surface area contributed by atoms with Crippen LogP contribution in [0.25, 0.3) is 0 Å². The van der Waals surface area contributed by atoms with E-state index in [1.165, 1.54) is 11.8 Å². The summed E-state index contributed by atoms with van der Waals surface area (Å²) in [6, 6.07) is 14.8. The molecule has 126 valence electrons. The first-order valence-corrected chi connectivity index (χ1v) is 8.95. The number of hydrogen-bond donors (Lipinski definition) is 1. The van der Waals surface area contributed by atoms with Gasteiger partial charge in [-0.2, -0.15) is 0 Å². The van der Waals surface area contributed by atoms with Crippen LogP contribution in [-0.4, -0.2) is 17.8 Å². The molecule has 24 heavy (non-hydrogen) atoms. The lowest BCUT2D eigenvalue weighted by molar-refractivity contribution is -0.115. The number of halogens is 1. The SMILES string of the molecule is C=CCOc1ccc(NC(=O)[C@H](CC)Sc2ccc(Cl)cc2)cc1. The summed E-state index contributed by atoms with van der Waals surface area (Å²) in [7, 11) is 0. The van der Waals surface area contributed by atoms with Crippen molar-refractivity contribution in [2.75, 3.05) is 11.9 Å². The summed E-state index contributed by atoms with van der Waals surface area (Å²) in [5, 5.41) is 3.47. The molecule has 0 fully saturated rings. The maximum atomic E-state index is 12.5. The quantitative estimate of drug-likeness (QED) is 0.504. The number of nitrogens with one attached hydrogen (secondary N) is 1. The number of ether oxygens (including phenoxy) is 1. The summed E-state index contributed by atoms with van der Waals surface area (Å²) in [5.74, 6) is 0.729. The second-order valence-corrected chi connectivity index (χ2v) is 6.79. The zero-order valence-electron chi connectivity index (χ0n) is 13.5. The van der Waals surface area contributed by atoms with E-state index in [0.29, 0.717) is 11.6 Å². The molecule has 1 atom stereocenters. The maximum absolute atomic E-state index is 12.5. The van der Waals surface area contributed by atoms with Gasteiger partial charge in [0.2, 0.25) is 5.91 Å². The van der Waals surface area contributed by atoms with E-state index in [2.05, 4.69) is 11.9 Å². The van der Waals surface area contributed by atoms with Gasteiger partial charge < -0.3 is 10.1 Å². The van der Waals surface area contributed by atoms with Gasteiger partial charge in [0.15, 0.2) is 0 Å². The van der Waals surface area contributed by atoms with Crippen LogP contribution in [-0.2, 0) is 4.79 Å². The minimum atomic E-state index is -0.164. The Morgan fingerprint density at radius 2 is 1.92 bits per heavy atom. The van der Waals surface area contributed by atoms with Crippen molar-refractivity contribution >= 4 is 35.0 Å². The fraction of sp³-hybridized carbons (Fsp3) is 0.211. The molecule has 3 nitrogen and oxygen atoms in total. The largest absolute Gasteiger partial charge is 0.490 e. The Bertz CT molecular complexity index is 671. The first-order valence-electron chi connectivity index (χ1n) is 7.69. The van der Waals surface area contributed by atoms with Gasteiger partial charge in [0, 0.05) is 15.6 Å². The van der Waals surface area contributed by atoms with Crippen LogP contribution < -0.4 is 10.1 Å². The number of hydrogen-bond acceptors (Lipinski definition) is 3. The molecule has 2 aromatic carbocycles. The third-order valence-corrected chi connectivity index (χ3v) is 4.87. The molecule has 0 heterocycles. The van der Waals surface area contributed by atoms with Crippen LogP contribution in [0, 0.1) is 0 Å². The maximum Gasteiger partial charge on any atom is 0.237 e. The highest BCUT2D eigenvalue weighted by Crippen LogP contribution is 2.27. The summed E-state index contributed by atoms with van der Waals surface area (Å²) in [6.45, 7) is 6.07. The van der Waals surface area contributed by atoms with E-state index in [4.69, 9.17) is 16.3 Å². The van der Waals surface area contributed by atoms with Crippen LogP contribution in [0.5, 0.6) is 5.75 Å². The van der Waals surface area contributed by atoms with Crippen molar-refractivity contribution in [2.45, 2.75) is 23.5 Å². The third kappa shape index (κ3) is 5.62. The zero-order chi connectivity index (χ0) is 17.4. The summed E-state index contributed by atoms with van der Waals surface area (Å²) in [4.78, 5) is 13.5. The lowest BCUT2D eigenvalue weighted by Crippen LogP contribution is -2.24. The molecule has 1 amide bonds. The van der Waals surface area contributed by atoms with Crippen LogP contribution in [0.2, 0.25) is 5.02 Å². The van der Waals surface area contributed by atoms with Gasteiger partial charge in [-0.3, -0.25) is 4.79 Å². The minimum Gasteiger partial charge on any atom is -0.490 e. The lowest BCUT2D eigenvalue weighted by atomic mass is 10.2. The number of amides is 1. The lowest BCUT2D eigenvalue weighted by Gasteiger charge is -2.15. The molecule has 0 aliphatic carbocycles. The molecule has 0 unspecified atom stereocenters. The summed E-state index contributed by atoms with van der Waals surface area (Å²) < 4.78 is 5.43. The van der Waals surface area contributed by atoms with E-state index in [9.17, 15) is 4.79 Å². The van der Waals surface area contributed by atoms with E-state index >= 15 is 0 Å². The van der Waals surface area contributed by atoms with Crippen molar-refractivity contribution in [1.82, 2.24) is 0 Å². The van der Waals surface area contributed by atoms with Crippen molar-refractivity contribution in [3.63, 3.8) is 0 Å². The van der Waals surface area contributed by atoms with Crippen LogP contribution in [0.4, 0.5) is 5.69 Å². The van der Waals surface area contributed by atoms with Crippen LogP contribution in [0.15, 0.2) is 66.1 Å². The van der Waals surface area contributed by atoms with Crippen molar-refractivity contribution < 1.29 is 9.53 Å². The molecule has 0 aromatic heterocycles. The molecular formula is C19H20ClNO2S. The molecule has 0 bridgehead atoms. The van der Waals surface area contributed by atoms with Crippen molar-refractivity contribution in [1.29, 1.82) is 0 Å². The highest BCUT2D eigenvalue weighted by atomic mass is 35.5. The van der Waals surface area contributed by atoms with Gasteiger partial charge in [0.1, 0.15) is 12.4 Å². The first-order chi connectivity index (χ1) is 11.6. The topological polar surface area (TPSA) is 38.3 Å². The van der Waals surface area contributed by atoms with E-state index in [1.54, 1.807) is 6.08 Å². The number of carbonyl (C=O) groups is 1. The summed E-state index contributed by atoms with van der Waals surface area (Å²) >= 11 is 7.42. The number of thioether (sulfide) groups is 1. The van der Waals surface area contributed by atoms with E-state index in [1.807, 2.05) is 55.5 Å². The molecule has 2 rings (SSSR count). The Morgan fingerprint density at radius 1 is 1.25 bits per heavy atom. The van der Waals surface area contributed by atoms with Crippen molar-refractivity contribution in [3.05, 3.63) is 66.2 Å².